The first-order chi connectivity index (χ1) is 11.2. The van der Waals surface area contributed by atoms with Crippen LogP contribution in [0.1, 0.15) is 23.4 Å². The highest BCUT2D eigenvalue weighted by Crippen LogP contribution is 2.26. The summed E-state index contributed by atoms with van der Waals surface area (Å²) >= 11 is 0. The summed E-state index contributed by atoms with van der Waals surface area (Å²) in [6, 6.07) is 9.68. The molecular formula is C18H22ClFN2O2. The number of amides is 1. The van der Waals surface area contributed by atoms with Gasteiger partial charge in [0.2, 0.25) is 0 Å². The quantitative estimate of drug-likeness (QED) is 0.914. The fourth-order valence-electron chi connectivity index (χ4n) is 3.12. The molecule has 1 N–H and O–H groups in total. The zero-order valence-corrected chi connectivity index (χ0v) is 14.4. The maximum Gasteiger partial charge on any atom is 0.289 e. The average Bonchev–Trinajstić information content (AvgIpc) is 3.05. The highest BCUT2D eigenvalue weighted by atomic mass is 35.5. The summed E-state index contributed by atoms with van der Waals surface area (Å²) in [5.74, 6) is 0.656. The fraction of sp³-hybridized carbons (Fsp3) is 0.389. The zero-order valence-electron chi connectivity index (χ0n) is 13.6. The molecule has 0 bridgehead atoms. The Kier molecular flexibility index (Phi) is 6.40. The van der Waals surface area contributed by atoms with E-state index >= 15 is 0 Å². The van der Waals surface area contributed by atoms with Crippen molar-refractivity contribution in [3.8, 4) is 11.3 Å². The maximum absolute atomic E-state index is 13.8. The number of nitrogens with one attached hydrogen (secondary N) is 1. The zero-order chi connectivity index (χ0) is 16.2. The molecular weight excluding hydrogens is 331 g/mol. The van der Waals surface area contributed by atoms with Gasteiger partial charge < -0.3 is 14.6 Å². The number of benzene rings is 1. The van der Waals surface area contributed by atoms with Gasteiger partial charge in [-0.3, -0.25) is 4.79 Å². The number of carbonyl (C=O) groups excluding carboxylic acids is 1. The monoisotopic (exact) mass is 352 g/mol. The molecule has 1 saturated heterocycles. The van der Waals surface area contributed by atoms with E-state index in [4.69, 9.17) is 4.42 Å². The lowest BCUT2D eigenvalue weighted by molar-refractivity contribution is 0.0643. The Morgan fingerprint density at radius 2 is 2.12 bits per heavy atom. The molecule has 0 saturated carbocycles. The van der Waals surface area contributed by atoms with Crippen molar-refractivity contribution in [1.82, 2.24) is 10.2 Å². The third-order valence-corrected chi connectivity index (χ3v) is 4.26. The summed E-state index contributed by atoms with van der Waals surface area (Å²) < 4.78 is 19.4. The van der Waals surface area contributed by atoms with Crippen molar-refractivity contribution in [3.63, 3.8) is 0 Å². The van der Waals surface area contributed by atoms with E-state index in [0.717, 1.165) is 32.5 Å². The van der Waals surface area contributed by atoms with E-state index in [-0.39, 0.29) is 29.9 Å². The van der Waals surface area contributed by atoms with Crippen LogP contribution in [0.3, 0.4) is 0 Å². The van der Waals surface area contributed by atoms with Crippen LogP contribution in [0.2, 0.25) is 0 Å². The lowest BCUT2D eigenvalue weighted by Crippen LogP contribution is -2.42. The molecule has 0 radical (unpaired) electrons. The average molecular weight is 353 g/mol. The normalized spacial score (nSPS) is 17.4. The van der Waals surface area contributed by atoms with E-state index in [1.165, 1.54) is 6.07 Å². The Bertz CT molecular complexity index is 687. The maximum atomic E-state index is 13.8. The molecule has 1 aliphatic rings. The van der Waals surface area contributed by atoms with Gasteiger partial charge in [-0.15, -0.1) is 12.4 Å². The van der Waals surface area contributed by atoms with Crippen LogP contribution in [0.5, 0.6) is 0 Å². The molecule has 1 aromatic heterocycles. The summed E-state index contributed by atoms with van der Waals surface area (Å²) in [6.07, 6.45) is 2.13. The first kappa shape index (κ1) is 18.5. The van der Waals surface area contributed by atoms with Gasteiger partial charge in [0.15, 0.2) is 5.76 Å². The molecule has 1 fully saturated rings. The SMILES string of the molecule is CNCC1CCCN(C(=O)c2ccc(-c3ccccc3F)o2)C1.Cl. The topological polar surface area (TPSA) is 45.5 Å². The Morgan fingerprint density at radius 3 is 2.88 bits per heavy atom. The highest BCUT2D eigenvalue weighted by Gasteiger charge is 2.26. The third-order valence-electron chi connectivity index (χ3n) is 4.26. The van der Waals surface area contributed by atoms with Crippen molar-refractivity contribution in [2.75, 3.05) is 26.7 Å². The van der Waals surface area contributed by atoms with Crippen LogP contribution in [0.4, 0.5) is 4.39 Å². The number of carbonyl (C=O) groups is 1. The third kappa shape index (κ3) is 3.97. The molecule has 1 aliphatic heterocycles. The second-order valence-electron chi connectivity index (χ2n) is 5.96. The summed E-state index contributed by atoms with van der Waals surface area (Å²) in [4.78, 5) is 14.4. The molecule has 2 aromatic rings. The fourth-order valence-corrected chi connectivity index (χ4v) is 3.12. The number of halogens is 2. The standard InChI is InChI=1S/C18H21FN2O2.ClH/c1-20-11-13-5-4-10-21(12-13)18(22)17-9-8-16(23-17)14-6-2-3-7-15(14)19;/h2-3,6-9,13,20H,4-5,10-12H2,1H3;1H. The molecule has 1 atom stereocenters. The van der Waals surface area contributed by atoms with Crippen LogP contribution in [0, 0.1) is 11.7 Å². The lowest BCUT2D eigenvalue weighted by Gasteiger charge is -2.32. The molecule has 0 spiro atoms. The number of hydrogen-bond donors (Lipinski definition) is 1. The molecule has 1 amide bonds. The first-order valence-electron chi connectivity index (χ1n) is 7.97. The molecule has 6 heteroatoms. The summed E-state index contributed by atoms with van der Waals surface area (Å²) in [5.41, 5.74) is 0.373. The van der Waals surface area contributed by atoms with Crippen LogP contribution in [0.15, 0.2) is 40.8 Å². The van der Waals surface area contributed by atoms with Gasteiger partial charge in [0.25, 0.3) is 5.91 Å². The molecule has 130 valence electrons. The molecule has 1 aromatic carbocycles. The number of furan rings is 1. The van der Waals surface area contributed by atoms with E-state index in [1.807, 2.05) is 11.9 Å². The Labute approximate surface area is 147 Å². The Balaban J connectivity index is 0.00000208. The van der Waals surface area contributed by atoms with Gasteiger partial charge in [-0.1, -0.05) is 12.1 Å². The molecule has 3 rings (SSSR count). The molecule has 4 nitrogen and oxygen atoms in total. The number of likely N-dealkylation sites (tertiary alicyclic amines) is 1. The summed E-state index contributed by atoms with van der Waals surface area (Å²) in [5, 5.41) is 3.17. The van der Waals surface area contributed by atoms with E-state index in [0.29, 0.717) is 17.2 Å². The van der Waals surface area contributed by atoms with Crippen molar-refractivity contribution >= 4 is 18.3 Å². The molecule has 0 aliphatic carbocycles. The predicted molar refractivity (Wildman–Crippen MR) is 93.9 cm³/mol. The predicted octanol–water partition coefficient (Wildman–Crippen LogP) is 3.58. The van der Waals surface area contributed by atoms with Gasteiger partial charge in [-0.2, -0.15) is 0 Å². The minimum Gasteiger partial charge on any atom is -0.451 e. The molecule has 1 unspecified atom stereocenters. The van der Waals surface area contributed by atoms with E-state index in [1.54, 1.807) is 30.3 Å². The molecule has 2 heterocycles. The van der Waals surface area contributed by atoms with Crippen LogP contribution < -0.4 is 5.32 Å². The number of rotatable bonds is 4. The molecule has 24 heavy (non-hydrogen) atoms. The second-order valence-corrected chi connectivity index (χ2v) is 5.96. The summed E-state index contributed by atoms with van der Waals surface area (Å²) in [7, 11) is 1.92. The first-order valence-corrected chi connectivity index (χ1v) is 7.97. The number of piperidine rings is 1. The minimum atomic E-state index is -0.354. The van der Waals surface area contributed by atoms with Crippen LogP contribution >= 0.6 is 12.4 Å². The number of hydrogen-bond acceptors (Lipinski definition) is 3. The van der Waals surface area contributed by atoms with Crippen molar-refractivity contribution in [1.29, 1.82) is 0 Å². The van der Waals surface area contributed by atoms with Gasteiger partial charge >= 0.3 is 0 Å². The summed E-state index contributed by atoms with van der Waals surface area (Å²) in [6.45, 7) is 2.38. The highest BCUT2D eigenvalue weighted by molar-refractivity contribution is 5.92. The second kappa shape index (κ2) is 8.31. The van der Waals surface area contributed by atoms with E-state index in [9.17, 15) is 9.18 Å². The van der Waals surface area contributed by atoms with Gasteiger partial charge in [-0.25, -0.2) is 4.39 Å². The van der Waals surface area contributed by atoms with E-state index in [2.05, 4.69) is 5.32 Å². The largest absolute Gasteiger partial charge is 0.451 e. The minimum absolute atomic E-state index is 0. The Hall–Kier alpha value is -1.85. The van der Waals surface area contributed by atoms with Crippen molar-refractivity contribution in [3.05, 3.63) is 48.0 Å². The van der Waals surface area contributed by atoms with Gasteiger partial charge in [0.1, 0.15) is 11.6 Å². The van der Waals surface area contributed by atoms with Gasteiger partial charge in [-0.05, 0) is 56.6 Å². The number of nitrogens with zero attached hydrogens (tertiary/aromatic N) is 1. The van der Waals surface area contributed by atoms with Gasteiger partial charge in [0.05, 0.1) is 5.56 Å². The smallest absolute Gasteiger partial charge is 0.289 e. The van der Waals surface area contributed by atoms with Crippen molar-refractivity contribution in [2.24, 2.45) is 5.92 Å². The van der Waals surface area contributed by atoms with Crippen molar-refractivity contribution in [2.45, 2.75) is 12.8 Å². The van der Waals surface area contributed by atoms with Gasteiger partial charge in [0, 0.05) is 13.1 Å². The van der Waals surface area contributed by atoms with E-state index < -0.39 is 0 Å². The lowest BCUT2D eigenvalue weighted by atomic mass is 9.98. The Morgan fingerprint density at radius 1 is 1.33 bits per heavy atom. The van der Waals surface area contributed by atoms with Crippen molar-refractivity contribution < 1.29 is 13.6 Å². The van der Waals surface area contributed by atoms with Crippen LogP contribution in [-0.4, -0.2) is 37.5 Å². The van der Waals surface area contributed by atoms with Crippen LogP contribution in [-0.2, 0) is 0 Å². The van der Waals surface area contributed by atoms with Crippen LogP contribution in [0.25, 0.3) is 11.3 Å².